The number of halogens is 5. The number of hydrogen-bond donors (Lipinski definition) is 3. The maximum Gasteiger partial charge on any atom is 0.389 e. The molecule has 224 valence electrons. The Labute approximate surface area is 233 Å². The summed E-state index contributed by atoms with van der Waals surface area (Å²) in [5, 5.41) is 12.1. The number of hydrogen-bond acceptors (Lipinski definition) is 5. The summed E-state index contributed by atoms with van der Waals surface area (Å²) in [6.45, 7) is 2.21. The van der Waals surface area contributed by atoms with Crippen LogP contribution in [-0.2, 0) is 16.1 Å². The number of aryl methyl sites for hydroxylation is 1. The molecule has 0 saturated heterocycles. The summed E-state index contributed by atoms with van der Waals surface area (Å²) in [5.41, 5.74) is 0.781. The number of nitrogens with one attached hydrogen (secondary N) is 3. The number of aromatic nitrogens is 3. The third-order valence-electron chi connectivity index (χ3n) is 7.49. The zero-order valence-electron chi connectivity index (χ0n) is 22.5. The van der Waals surface area contributed by atoms with E-state index in [2.05, 4.69) is 26.0 Å². The topological polar surface area (TPSA) is 118 Å². The molecule has 0 spiro atoms. The molecule has 0 bridgehead atoms. The maximum absolute atomic E-state index is 13.9. The second-order valence-electron chi connectivity index (χ2n) is 10.6. The highest BCUT2D eigenvalue weighted by atomic mass is 19.4. The van der Waals surface area contributed by atoms with Crippen LogP contribution in [0.4, 0.5) is 27.8 Å². The average molecular weight is 585 g/mol. The summed E-state index contributed by atoms with van der Waals surface area (Å²) in [5.74, 6) is -5.19. The fourth-order valence-electron chi connectivity index (χ4n) is 5.10. The Morgan fingerprint density at radius 2 is 1.76 bits per heavy atom. The van der Waals surface area contributed by atoms with E-state index in [1.165, 1.54) is 29.2 Å². The van der Waals surface area contributed by atoms with Crippen LogP contribution in [0.3, 0.4) is 0 Å². The van der Waals surface area contributed by atoms with E-state index in [9.17, 15) is 36.3 Å². The van der Waals surface area contributed by atoms with Crippen molar-refractivity contribution in [3.63, 3.8) is 0 Å². The van der Waals surface area contributed by atoms with Crippen molar-refractivity contribution in [3.8, 4) is 0 Å². The first-order valence-electron chi connectivity index (χ1n) is 13.7. The Hall–Kier alpha value is -3.58. The zero-order valence-corrected chi connectivity index (χ0v) is 22.5. The van der Waals surface area contributed by atoms with Crippen LogP contribution in [-0.4, -0.2) is 50.6 Å². The number of rotatable bonds is 11. The van der Waals surface area contributed by atoms with Crippen molar-refractivity contribution in [2.75, 3.05) is 5.32 Å². The second-order valence-corrected chi connectivity index (χ2v) is 10.6. The third-order valence-corrected chi connectivity index (χ3v) is 7.49. The summed E-state index contributed by atoms with van der Waals surface area (Å²) in [6, 6.07) is 2.93. The molecule has 3 amide bonds. The Kier molecular flexibility index (Phi) is 9.27. The molecule has 0 radical (unpaired) electrons. The van der Waals surface area contributed by atoms with Gasteiger partial charge < -0.3 is 16.0 Å². The highest BCUT2D eigenvalue weighted by molar-refractivity contribution is 6.00. The molecule has 9 nitrogen and oxygen atoms in total. The highest BCUT2D eigenvalue weighted by Gasteiger charge is 2.41. The van der Waals surface area contributed by atoms with Crippen molar-refractivity contribution in [1.82, 2.24) is 25.4 Å². The number of carbonyl (C=O) groups is 3. The van der Waals surface area contributed by atoms with Gasteiger partial charge >= 0.3 is 6.18 Å². The molecule has 41 heavy (non-hydrogen) atoms. The smallest absolute Gasteiger partial charge is 0.349 e. The van der Waals surface area contributed by atoms with Gasteiger partial charge in [0.15, 0.2) is 0 Å². The molecule has 14 heteroatoms. The highest BCUT2D eigenvalue weighted by Crippen LogP contribution is 2.42. The predicted octanol–water partition coefficient (Wildman–Crippen LogP) is 4.77. The summed E-state index contributed by atoms with van der Waals surface area (Å²) in [7, 11) is 0. The minimum absolute atomic E-state index is 0.0274. The van der Waals surface area contributed by atoms with E-state index in [0.717, 1.165) is 12.8 Å². The van der Waals surface area contributed by atoms with Crippen LogP contribution in [0, 0.1) is 11.8 Å². The van der Waals surface area contributed by atoms with Crippen molar-refractivity contribution in [1.29, 1.82) is 0 Å². The minimum Gasteiger partial charge on any atom is -0.349 e. The monoisotopic (exact) mass is 584 g/mol. The molecule has 0 aliphatic heterocycles. The standard InChI is InChI=1S/C27H33F5N6O3/c1-2-38-19(9-14-34-38)24(40)37-23(17-5-10-26(28,29)11-6-17)25(41)35-20-15-18(8-13-33-20)22(16-3-4-16)36-21(39)7-12-27(30,31)32/h8-9,13-17,22-23H,2-7,10-12H2,1H3,(H,36,39)(H,37,40)(H,33,35,41)/t22?,23-/m0/s1. The third kappa shape index (κ3) is 8.46. The number of amides is 3. The molecule has 3 N–H and O–H groups in total. The lowest BCUT2D eigenvalue weighted by Crippen LogP contribution is -2.50. The number of nitrogens with zero attached hydrogens (tertiary/aromatic N) is 3. The molecule has 2 aromatic rings. The lowest BCUT2D eigenvalue weighted by molar-refractivity contribution is -0.144. The normalized spacial score (nSPS) is 18.8. The molecule has 2 saturated carbocycles. The first-order chi connectivity index (χ1) is 19.3. The van der Waals surface area contributed by atoms with Crippen LogP contribution in [0.2, 0.25) is 0 Å². The van der Waals surface area contributed by atoms with E-state index in [0.29, 0.717) is 12.1 Å². The average Bonchev–Trinajstić information content (AvgIpc) is 3.64. The molecule has 0 aromatic carbocycles. The van der Waals surface area contributed by atoms with Crippen LogP contribution >= 0.6 is 0 Å². The van der Waals surface area contributed by atoms with Crippen molar-refractivity contribution >= 4 is 23.5 Å². The summed E-state index contributed by atoms with van der Waals surface area (Å²) < 4.78 is 66.9. The Balaban J connectivity index is 1.49. The minimum atomic E-state index is -4.45. The van der Waals surface area contributed by atoms with Crippen LogP contribution in [0.15, 0.2) is 30.6 Å². The van der Waals surface area contributed by atoms with Gasteiger partial charge in [0.25, 0.3) is 5.91 Å². The molecule has 2 aliphatic rings. The Morgan fingerprint density at radius 1 is 1.05 bits per heavy atom. The van der Waals surface area contributed by atoms with Gasteiger partial charge in [0.05, 0.1) is 12.5 Å². The molecule has 2 fully saturated rings. The van der Waals surface area contributed by atoms with Crippen LogP contribution in [0.25, 0.3) is 0 Å². The van der Waals surface area contributed by atoms with Crippen molar-refractivity contribution in [2.24, 2.45) is 11.8 Å². The first kappa shape index (κ1) is 30.4. The van der Waals surface area contributed by atoms with Gasteiger partial charge in [0.2, 0.25) is 17.7 Å². The number of alkyl halides is 5. The fourth-order valence-corrected chi connectivity index (χ4v) is 5.10. The maximum atomic E-state index is 13.9. The molecule has 2 atom stereocenters. The second kappa shape index (κ2) is 12.5. The summed E-state index contributed by atoms with van der Waals surface area (Å²) in [6.07, 6.45) is -2.72. The molecular weight excluding hydrogens is 551 g/mol. The number of anilines is 1. The van der Waals surface area contributed by atoms with Crippen molar-refractivity contribution in [3.05, 3.63) is 41.9 Å². The predicted molar refractivity (Wildman–Crippen MR) is 138 cm³/mol. The van der Waals surface area contributed by atoms with Gasteiger partial charge in [-0.1, -0.05) is 0 Å². The molecular formula is C27H33F5N6O3. The van der Waals surface area contributed by atoms with Crippen LogP contribution in [0.5, 0.6) is 0 Å². The molecule has 2 heterocycles. The van der Waals surface area contributed by atoms with Crippen molar-refractivity contribution < 1.29 is 36.3 Å². The fraction of sp³-hybridized carbons (Fsp3) is 0.593. The van der Waals surface area contributed by atoms with Gasteiger partial charge in [-0.3, -0.25) is 19.1 Å². The summed E-state index contributed by atoms with van der Waals surface area (Å²) >= 11 is 0. The quantitative estimate of drug-likeness (QED) is 0.329. The van der Waals surface area contributed by atoms with Gasteiger partial charge in [-0.25, -0.2) is 13.8 Å². The largest absolute Gasteiger partial charge is 0.389 e. The van der Waals surface area contributed by atoms with Crippen LogP contribution in [0.1, 0.15) is 80.4 Å². The van der Waals surface area contributed by atoms with E-state index >= 15 is 0 Å². The van der Waals surface area contributed by atoms with Gasteiger partial charge in [-0.05, 0) is 68.2 Å². The molecule has 1 unspecified atom stereocenters. The number of pyridine rings is 1. The van der Waals surface area contributed by atoms with E-state index in [4.69, 9.17) is 0 Å². The molecule has 2 aromatic heterocycles. The van der Waals surface area contributed by atoms with Crippen molar-refractivity contribution in [2.45, 2.75) is 89.0 Å². The van der Waals surface area contributed by atoms with E-state index in [1.807, 2.05) is 0 Å². The molecule has 4 rings (SSSR count). The number of carbonyl (C=O) groups excluding carboxylic acids is 3. The Morgan fingerprint density at radius 3 is 2.39 bits per heavy atom. The lowest BCUT2D eigenvalue weighted by Gasteiger charge is -2.33. The van der Waals surface area contributed by atoms with E-state index < -0.39 is 73.5 Å². The van der Waals surface area contributed by atoms with Crippen LogP contribution < -0.4 is 16.0 Å². The van der Waals surface area contributed by atoms with Gasteiger partial charge in [-0.2, -0.15) is 18.3 Å². The molecule has 2 aliphatic carbocycles. The van der Waals surface area contributed by atoms with Gasteiger partial charge in [0, 0.05) is 38.2 Å². The first-order valence-corrected chi connectivity index (χ1v) is 13.7. The Bertz CT molecular complexity index is 1240. The summed E-state index contributed by atoms with van der Waals surface area (Å²) in [4.78, 5) is 42.9. The lowest BCUT2D eigenvalue weighted by atomic mass is 9.81. The zero-order chi connectivity index (χ0) is 29.8. The van der Waals surface area contributed by atoms with E-state index in [1.54, 1.807) is 13.0 Å². The van der Waals surface area contributed by atoms with Gasteiger partial charge in [-0.15, -0.1) is 0 Å². The van der Waals surface area contributed by atoms with Gasteiger partial charge in [0.1, 0.15) is 17.6 Å². The SMILES string of the molecule is CCn1nccc1C(=O)N[C@H](C(=O)Nc1cc(C(NC(=O)CCC(F)(F)F)C2CC2)ccn1)C1CCC(F)(F)CC1. The van der Waals surface area contributed by atoms with E-state index in [-0.39, 0.29) is 30.3 Å².